The number of ether oxygens (including phenoxy) is 1. The SMILES string of the molecule is CN(CCCn1cccn1)C(=O)c1c(N2CCOCC2)noc1-c1ccccc1. The lowest BCUT2D eigenvalue weighted by molar-refractivity contribution is 0.0791. The van der Waals surface area contributed by atoms with Crippen molar-refractivity contribution in [2.24, 2.45) is 0 Å². The fraction of sp³-hybridized carbons (Fsp3) is 0.381. The molecule has 2 aromatic heterocycles. The van der Waals surface area contributed by atoms with Crippen LogP contribution in [0.4, 0.5) is 5.82 Å². The van der Waals surface area contributed by atoms with Gasteiger partial charge in [0.1, 0.15) is 5.56 Å². The summed E-state index contributed by atoms with van der Waals surface area (Å²) in [6.07, 6.45) is 4.49. The maximum absolute atomic E-state index is 13.4. The Bertz CT molecular complexity index is 917. The molecule has 0 atom stereocenters. The third kappa shape index (κ3) is 4.32. The van der Waals surface area contributed by atoms with Crippen molar-refractivity contribution in [3.8, 4) is 11.3 Å². The molecule has 0 aliphatic carbocycles. The van der Waals surface area contributed by atoms with Gasteiger partial charge in [0.15, 0.2) is 11.6 Å². The Balaban J connectivity index is 1.57. The van der Waals surface area contributed by atoms with Crippen molar-refractivity contribution >= 4 is 11.7 Å². The zero-order chi connectivity index (χ0) is 20.1. The van der Waals surface area contributed by atoms with Crippen LogP contribution in [0, 0.1) is 0 Å². The minimum absolute atomic E-state index is 0.0907. The summed E-state index contributed by atoms with van der Waals surface area (Å²) in [5, 5.41) is 8.48. The molecule has 1 aliphatic rings. The second kappa shape index (κ2) is 8.91. The number of benzene rings is 1. The zero-order valence-corrected chi connectivity index (χ0v) is 16.5. The van der Waals surface area contributed by atoms with Gasteiger partial charge in [-0.05, 0) is 12.5 Å². The maximum Gasteiger partial charge on any atom is 0.261 e. The molecule has 1 aromatic carbocycles. The summed E-state index contributed by atoms with van der Waals surface area (Å²) in [5.74, 6) is 1.01. The number of aryl methyl sites for hydroxylation is 1. The minimum atomic E-state index is -0.0907. The molecule has 0 radical (unpaired) electrons. The van der Waals surface area contributed by atoms with E-state index in [1.54, 1.807) is 11.1 Å². The maximum atomic E-state index is 13.4. The fourth-order valence-corrected chi connectivity index (χ4v) is 3.45. The van der Waals surface area contributed by atoms with E-state index >= 15 is 0 Å². The van der Waals surface area contributed by atoms with Crippen molar-refractivity contribution in [2.75, 3.05) is 44.8 Å². The molecule has 1 saturated heterocycles. The molecule has 0 N–H and O–H groups in total. The molecule has 1 amide bonds. The summed E-state index contributed by atoms with van der Waals surface area (Å²) in [6, 6.07) is 11.5. The van der Waals surface area contributed by atoms with E-state index in [4.69, 9.17) is 9.26 Å². The molecule has 3 heterocycles. The topological polar surface area (TPSA) is 76.6 Å². The summed E-state index contributed by atoms with van der Waals surface area (Å²) in [6.45, 7) is 3.96. The van der Waals surface area contributed by atoms with Crippen LogP contribution < -0.4 is 4.90 Å². The predicted molar refractivity (Wildman–Crippen MR) is 109 cm³/mol. The Morgan fingerprint density at radius 2 is 1.97 bits per heavy atom. The number of hydrogen-bond donors (Lipinski definition) is 0. The van der Waals surface area contributed by atoms with Crippen LogP contribution >= 0.6 is 0 Å². The van der Waals surface area contributed by atoms with Gasteiger partial charge in [0, 0.05) is 51.2 Å². The van der Waals surface area contributed by atoms with E-state index in [1.807, 2.05) is 54.3 Å². The van der Waals surface area contributed by atoms with Crippen molar-refractivity contribution in [3.05, 3.63) is 54.4 Å². The van der Waals surface area contributed by atoms with Gasteiger partial charge in [-0.1, -0.05) is 35.5 Å². The molecule has 0 unspecified atom stereocenters. The van der Waals surface area contributed by atoms with Crippen molar-refractivity contribution in [1.82, 2.24) is 19.8 Å². The van der Waals surface area contributed by atoms with Crippen LogP contribution in [0.15, 0.2) is 53.3 Å². The van der Waals surface area contributed by atoms with Crippen molar-refractivity contribution < 1.29 is 14.1 Å². The van der Waals surface area contributed by atoms with Crippen molar-refractivity contribution in [2.45, 2.75) is 13.0 Å². The highest BCUT2D eigenvalue weighted by Crippen LogP contribution is 2.32. The number of nitrogens with zero attached hydrogens (tertiary/aromatic N) is 5. The Morgan fingerprint density at radius 1 is 1.17 bits per heavy atom. The Labute approximate surface area is 169 Å². The van der Waals surface area contributed by atoms with Gasteiger partial charge in [-0.15, -0.1) is 0 Å². The molecule has 1 fully saturated rings. The highest BCUT2D eigenvalue weighted by Gasteiger charge is 2.30. The zero-order valence-electron chi connectivity index (χ0n) is 16.5. The molecule has 29 heavy (non-hydrogen) atoms. The molecule has 3 aromatic rings. The number of anilines is 1. The van der Waals surface area contributed by atoms with Gasteiger partial charge in [-0.2, -0.15) is 5.10 Å². The summed E-state index contributed by atoms with van der Waals surface area (Å²) < 4.78 is 13.0. The molecule has 8 nitrogen and oxygen atoms in total. The lowest BCUT2D eigenvalue weighted by atomic mass is 10.1. The predicted octanol–water partition coefficient (Wildman–Crippen LogP) is 2.54. The van der Waals surface area contributed by atoms with Gasteiger partial charge in [-0.3, -0.25) is 9.48 Å². The minimum Gasteiger partial charge on any atom is -0.378 e. The highest BCUT2D eigenvalue weighted by molar-refractivity contribution is 6.04. The van der Waals surface area contributed by atoms with Gasteiger partial charge in [-0.25, -0.2) is 0 Å². The van der Waals surface area contributed by atoms with Gasteiger partial charge >= 0.3 is 0 Å². The summed E-state index contributed by atoms with van der Waals surface area (Å²) in [7, 11) is 1.82. The fourth-order valence-electron chi connectivity index (χ4n) is 3.45. The van der Waals surface area contributed by atoms with Gasteiger partial charge < -0.3 is 19.1 Å². The van der Waals surface area contributed by atoms with E-state index in [-0.39, 0.29) is 5.91 Å². The normalized spacial score (nSPS) is 14.2. The van der Waals surface area contributed by atoms with E-state index in [2.05, 4.69) is 15.2 Å². The van der Waals surface area contributed by atoms with Crippen LogP contribution in [-0.2, 0) is 11.3 Å². The number of carbonyl (C=O) groups excluding carboxylic acids is 1. The second-order valence-electron chi connectivity index (χ2n) is 7.03. The Kier molecular flexibility index (Phi) is 5.90. The number of amides is 1. The standard InChI is InChI=1S/C21H25N5O3/c1-24(10-6-12-26-11-5-9-22-26)21(27)18-19(17-7-3-2-4-8-17)29-23-20(18)25-13-15-28-16-14-25/h2-5,7-9,11H,6,10,12-16H2,1H3. The van der Waals surface area contributed by atoms with Crippen LogP contribution in [0.1, 0.15) is 16.8 Å². The molecule has 4 rings (SSSR count). The number of carbonyl (C=O) groups is 1. The van der Waals surface area contributed by atoms with Crippen LogP contribution in [0.25, 0.3) is 11.3 Å². The first-order valence-corrected chi connectivity index (χ1v) is 9.84. The van der Waals surface area contributed by atoms with Crippen molar-refractivity contribution in [3.63, 3.8) is 0 Å². The molecule has 8 heteroatoms. The lowest BCUT2D eigenvalue weighted by Crippen LogP contribution is -2.38. The molecular weight excluding hydrogens is 370 g/mol. The largest absolute Gasteiger partial charge is 0.378 e. The average molecular weight is 395 g/mol. The highest BCUT2D eigenvalue weighted by atomic mass is 16.5. The third-order valence-electron chi connectivity index (χ3n) is 5.02. The third-order valence-corrected chi connectivity index (χ3v) is 5.02. The second-order valence-corrected chi connectivity index (χ2v) is 7.03. The van der Waals surface area contributed by atoms with Crippen LogP contribution in [0.2, 0.25) is 0 Å². The molecule has 152 valence electrons. The van der Waals surface area contributed by atoms with Crippen LogP contribution in [0.3, 0.4) is 0 Å². The molecular formula is C21H25N5O3. The quantitative estimate of drug-likeness (QED) is 0.612. The van der Waals surface area contributed by atoms with Crippen LogP contribution in [0.5, 0.6) is 0 Å². The number of aromatic nitrogens is 3. The molecule has 1 aliphatic heterocycles. The summed E-state index contributed by atoms with van der Waals surface area (Å²) in [4.78, 5) is 17.2. The van der Waals surface area contributed by atoms with Gasteiger partial charge in [0.25, 0.3) is 5.91 Å². The van der Waals surface area contributed by atoms with E-state index in [9.17, 15) is 4.79 Å². The first kappa shape index (κ1) is 19.2. The lowest BCUT2D eigenvalue weighted by Gasteiger charge is -2.27. The van der Waals surface area contributed by atoms with Gasteiger partial charge in [0.2, 0.25) is 0 Å². The number of hydrogen-bond acceptors (Lipinski definition) is 6. The smallest absolute Gasteiger partial charge is 0.261 e. The number of rotatable bonds is 7. The van der Waals surface area contributed by atoms with E-state index in [0.717, 1.165) is 18.5 Å². The molecule has 0 spiro atoms. The Morgan fingerprint density at radius 3 is 2.69 bits per heavy atom. The molecule has 0 bridgehead atoms. The number of morpholine rings is 1. The van der Waals surface area contributed by atoms with E-state index < -0.39 is 0 Å². The van der Waals surface area contributed by atoms with Gasteiger partial charge in [0.05, 0.1) is 13.2 Å². The molecule has 0 saturated carbocycles. The van der Waals surface area contributed by atoms with Crippen LogP contribution in [-0.4, -0.2) is 65.6 Å². The van der Waals surface area contributed by atoms with Crippen molar-refractivity contribution in [1.29, 1.82) is 0 Å². The first-order chi connectivity index (χ1) is 14.2. The average Bonchev–Trinajstić information content (AvgIpc) is 3.44. The monoisotopic (exact) mass is 395 g/mol. The van der Waals surface area contributed by atoms with E-state index in [1.165, 1.54) is 0 Å². The Hall–Kier alpha value is -3.13. The summed E-state index contributed by atoms with van der Waals surface area (Å²) >= 11 is 0. The first-order valence-electron chi connectivity index (χ1n) is 9.84. The van der Waals surface area contributed by atoms with E-state index in [0.29, 0.717) is 50.0 Å². The summed E-state index contributed by atoms with van der Waals surface area (Å²) in [5.41, 5.74) is 1.35.